The van der Waals surface area contributed by atoms with Crippen LogP contribution in [0.3, 0.4) is 0 Å². The lowest BCUT2D eigenvalue weighted by atomic mass is 10.2. The van der Waals surface area contributed by atoms with E-state index >= 15 is 0 Å². The summed E-state index contributed by atoms with van der Waals surface area (Å²) >= 11 is 9.54. The van der Waals surface area contributed by atoms with E-state index < -0.39 is 0 Å². The third-order valence-electron chi connectivity index (χ3n) is 2.66. The lowest BCUT2D eigenvalue weighted by Gasteiger charge is -2.12. The van der Waals surface area contributed by atoms with Crippen molar-refractivity contribution in [2.24, 2.45) is 0 Å². The average molecular weight is 352 g/mol. The Balaban J connectivity index is 2.11. The summed E-state index contributed by atoms with van der Waals surface area (Å²) in [5.41, 5.74) is 1.81. The van der Waals surface area contributed by atoms with Crippen LogP contribution in [0.2, 0.25) is 5.02 Å². The third kappa shape index (κ3) is 3.89. The van der Waals surface area contributed by atoms with Crippen molar-refractivity contribution in [2.75, 3.05) is 11.9 Å². The fraction of sp³-hybridized carbons (Fsp3) is 0.133. The minimum Gasteiger partial charge on any atom is -0.478 e. The number of nitriles is 1. The summed E-state index contributed by atoms with van der Waals surface area (Å²) in [5.74, 6) is 0.702. The molecule has 0 aliphatic carbocycles. The molecule has 0 atom stereocenters. The Labute approximate surface area is 131 Å². The van der Waals surface area contributed by atoms with Gasteiger partial charge < -0.3 is 10.1 Å². The van der Waals surface area contributed by atoms with Crippen LogP contribution in [0.4, 0.5) is 5.69 Å². The monoisotopic (exact) mass is 350 g/mol. The summed E-state index contributed by atoms with van der Waals surface area (Å²) in [4.78, 5) is 0. The minimum atomic E-state index is 0.0364. The Morgan fingerprint density at radius 3 is 2.85 bits per heavy atom. The van der Waals surface area contributed by atoms with Crippen molar-refractivity contribution in [3.63, 3.8) is 0 Å². The number of hydrogen-bond acceptors (Lipinski definition) is 3. The van der Waals surface area contributed by atoms with E-state index in [4.69, 9.17) is 21.6 Å². The number of nitrogens with one attached hydrogen (secondary N) is 1. The number of rotatable bonds is 5. The number of ether oxygens (including phenoxy) is 1. The summed E-state index contributed by atoms with van der Waals surface area (Å²) in [6.07, 6.45) is 0. The molecule has 20 heavy (non-hydrogen) atoms. The average Bonchev–Trinajstić information content (AvgIpc) is 2.47. The van der Waals surface area contributed by atoms with Crippen LogP contribution < -0.4 is 10.1 Å². The smallest absolute Gasteiger partial charge is 0.174 e. The first-order chi connectivity index (χ1) is 9.70. The standard InChI is InChI=1S/C15H12BrClN2O/c16-12-5-6-13(17)14(9-12)19-10-11-3-1-2-4-15(11)20-8-7-18/h1-6,9,19H,8,10H2. The van der Waals surface area contributed by atoms with Crippen LogP contribution in [0.1, 0.15) is 5.56 Å². The number of hydrogen-bond donors (Lipinski definition) is 1. The van der Waals surface area contributed by atoms with Crippen molar-refractivity contribution in [1.82, 2.24) is 0 Å². The zero-order valence-electron chi connectivity index (χ0n) is 10.6. The number of benzene rings is 2. The van der Waals surface area contributed by atoms with E-state index in [0.717, 1.165) is 15.7 Å². The van der Waals surface area contributed by atoms with Crippen molar-refractivity contribution in [1.29, 1.82) is 5.26 Å². The van der Waals surface area contributed by atoms with Gasteiger partial charge in [0.1, 0.15) is 11.8 Å². The first-order valence-electron chi connectivity index (χ1n) is 5.97. The predicted molar refractivity (Wildman–Crippen MR) is 84.0 cm³/mol. The summed E-state index contributed by atoms with van der Waals surface area (Å²) < 4.78 is 6.34. The van der Waals surface area contributed by atoms with Gasteiger partial charge in [-0.2, -0.15) is 5.26 Å². The summed E-state index contributed by atoms with van der Waals surface area (Å²) in [6, 6.07) is 15.2. The number of nitrogens with zero attached hydrogens (tertiary/aromatic N) is 1. The molecular weight excluding hydrogens is 340 g/mol. The summed E-state index contributed by atoms with van der Waals surface area (Å²) in [7, 11) is 0. The van der Waals surface area contributed by atoms with Crippen LogP contribution >= 0.6 is 27.5 Å². The van der Waals surface area contributed by atoms with Gasteiger partial charge in [-0.05, 0) is 24.3 Å². The van der Waals surface area contributed by atoms with Gasteiger partial charge in [0, 0.05) is 16.6 Å². The summed E-state index contributed by atoms with van der Waals surface area (Å²) in [6.45, 7) is 0.604. The molecule has 2 rings (SSSR count). The first-order valence-corrected chi connectivity index (χ1v) is 7.14. The van der Waals surface area contributed by atoms with Gasteiger partial charge in [-0.25, -0.2) is 0 Å². The fourth-order valence-corrected chi connectivity index (χ4v) is 2.27. The molecule has 0 spiro atoms. The highest BCUT2D eigenvalue weighted by atomic mass is 79.9. The third-order valence-corrected chi connectivity index (χ3v) is 3.49. The van der Waals surface area contributed by atoms with Crippen LogP contribution in [0, 0.1) is 11.3 Å². The first kappa shape index (κ1) is 14.7. The molecule has 0 amide bonds. The molecule has 0 aliphatic heterocycles. The predicted octanol–water partition coefficient (Wildman–Crippen LogP) is 4.62. The molecule has 1 N–H and O–H groups in total. The Kier molecular flexibility index (Phi) is 5.28. The molecule has 5 heteroatoms. The molecule has 0 fully saturated rings. The highest BCUT2D eigenvalue weighted by Crippen LogP contribution is 2.27. The Morgan fingerprint density at radius 1 is 1.25 bits per heavy atom. The SMILES string of the molecule is N#CCOc1ccccc1CNc1cc(Br)ccc1Cl. The molecule has 2 aromatic rings. The van der Waals surface area contributed by atoms with Gasteiger partial charge in [0.25, 0.3) is 0 Å². The highest BCUT2D eigenvalue weighted by Gasteiger charge is 2.05. The van der Waals surface area contributed by atoms with E-state index in [1.807, 2.05) is 48.5 Å². The van der Waals surface area contributed by atoms with E-state index in [9.17, 15) is 0 Å². The topological polar surface area (TPSA) is 45.0 Å². The molecule has 0 saturated carbocycles. The molecule has 0 heterocycles. The van der Waals surface area contributed by atoms with Gasteiger partial charge in [0.05, 0.1) is 10.7 Å². The molecule has 0 bridgehead atoms. The van der Waals surface area contributed by atoms with Gasteiger partial charge >= 0.3 is 0 Å². The van der Waals surface area contributed by atoms with E-state index in [1.54, 1.807) is 0 Å². The molecule has 0 unspecified atom stereocenters. The Hall–Kier alpha value is -1.70. The normalized spacial score (nSPS) is 9.85. The van der Waals surface area contributed by atoms with Gasteiger partial charge in [0.15, 0.2) is 6.61 Å². The van der Waals surface area contributed by atoms with Gasteiger partial charge in [0.2, 0.25) is 0 Å². The van der Waals surface area contributed by atoms with E-state index in [-0.39, 0.29) is 6.61 Å². The Bertz CT molecular complexity index is 640. The van der Waals surface area contributed by atoms with Crippen LogP contribution in [-0.4, -0.2) is 6.61 Å². The second-order valence-electron chi connectivity index (χ2n) is 4.03. The van der Waals surface area contributed by atoms with Gasteiger partial charge in [-0.3, -0.25) is 0 Å². The maximum atomic E-state index is 8.58. The molecular formula is C15H12BrClN2O. The molecule has 3 nitrogen and oxygen atoms in total. The van der Waals surface area contributed by atoms with Gasteiger partial charge in [-0.15, -0.1) is 0 Å². The van der Waals surface area contributed by atoms with Crippen molar-refractivity contribution < 1.29 is 4.74 Å². The number of para-hydroxylation sites is 1. The summed E-state index contributed by atoms with van der Waals surface area (Å²) in [5, 5.41) is 12.5. The van der Waals surface area contributed by atoms with Crippen molar-refractivity contribution in [3.8, 4) is 11.8 Å². The molecule has 0 radical (unpaired) electrons. The molecule has 0 saturated heterocycles. The van der Waals surface area contributed by atoms with Crippen LogP contribution in [0.25, 0.3) is 0 Å². The zero-order chi connectivity index (χ0) is 14.4. The van der Waals surface area contributed by atoms with Crippen molar-refractivity contribution in [3.05, 3.63) is 57.5 Å². The minimum absolute atomic E-state index is 0.0364. The van der Waals surface area contributed by atoms with E-state index in [1.165, 1.54) is 0 Å². The van der Waals surface area contributed by atoms with Gasteiger partial charge in [-0.1, -0.05) is 45.7 Å². The number of anilines is 1. The lowest BCUT2D eigenvalue weighted by molar-refractivity contribution is 0.364. The lowest BCUT2D eigenvalue weighted by Crippen LogP contribution is -2.04. The van der Waals surface area contributed by atoms with E-state index in [2.05, 4.69) is 21.2 Å². The molecule has 102 valence electrons. The number of halogens is 2. The maximum Gasteiger partial charge on any atom is 0.174 e. The van der Waals surface area contributed by atoms with Crippen molar-refractivity contribution >= 4 is 33.2 Å². The second kappa shape index (κ2) is 7.18. The quantitative estimate of drug-likeness (QED) is 0.855. The highest BCUT2D eigenvalue weighted by molar-refractivity contribution is 9.10. The Morgan fingerprint density at radius 2 is 2.05 bits per heavy atom. The largest absolute Gasteiger partial charge is 0.478 e. The molecule has 0 aliphatic rings. The maximum absolute atomic E-state index is 8.58. The van der Waals surface area contributed by atoms with E-state index in [0.29, 0.717) is 17.3 Å². The zero-order valence-corrected chi connectivity index (χ0v) is 12.9. The van der Waals surface area contributed by atoms with Crippen molar-refractivity contribution in [2.45, 2.75) is 6.54 Å². The van der Waals surface area contributed by atoms with Crippen LogP contribution in [0.15, 0.2) is 46.9 Å². The van der Waals surface area contributed by atoms with Crippen LogP contribution in [-0.2, 0) is 6.54 Å². The molecule has 0 aromatic heterocycles. The second-order valence-corrected chi connectivity index (χ2v) is 5.36. The molecule has 2 aromatic carbocycles. The fourth-order valence-electron chi connectivity index (χ4n) is 1.72. The van der Waals surface area contributed by atoms with Crippen LogP contribution in [0.5, 0.6) is 5.75 Å².